The summed E-state index contributed by atoms with van der Waals surface area (Å²) in [5.74, 6) is -0.327. The Kier molecular flexibility index (Phi) is 5.72. The van der Waals surface area contributed by atoms with Crippen LogP contribution in [0.3, 0.4) is 0 Å². The molecule has 154 valence electrons. The second-order valence-corrected chi connectivity index (χ2v) is 8.53. The van der Waals surface area contributed by atoms with E-state index < -0.39 is 9.84 Å². The van der Waals surface area contributed by atoms with Crippen LogP contribution in [-0.2, 0) is 14.6 Å². The van der Waals surface area contributed by atoms with Gasteiger partial charge >= 0.3 is 0 Å². The van der Waals surface area contributed by atoms with Crippen molar-refractivity contribution in [2.75, 3.05) is 5.32 Å². The number of carbonyl (C=O) groups excluding carboxylic acids is 1. The van der Waals surface area contributed by atoms with Gasteiger partial charge < -0.3 is 5.32 Å². The zero-order valence-corrected chi connectivity index (χ0v) is 17.1. The molecule has 31 heavy (non-hydrogen) atoms. The first kappa shape index (κ1) is 20.2. The fraction of sp³-hybridized carbons (Fsp3) is 0. The molecule has 1 amide bonds. The smallest absolute Gasteiger partial charge is 0.248 e. The summed E-state index contributed by atoms with van der Waals surface area (Å²) in [5.41, 5.74) is 1.94. The molecule has 4 aromatic rings. The van der Waals surface area contributed by atoms with Gasteiger partial charge in [0.15, 0.2) is 0 Å². The average molecular weight is 430 g/mol. The molecule has 0 fully saturated rings. The molecule has 0 saturated heterocycles. The summed E-state index contributed by atoms with van der Waals surface area (Å²) in [5, 5.41) is 6.83. The highest BCUT2D eigenvalue weighted by atomic mass is 32.2. The summed E-state index contributed by atoms with van der Waals surface area (Å²) in [4.78, 5) is 16.4. The maximum absolute atomic E-state index is 13.0. The Labute approximate surface area is 179 Å². The van der Waals surface area contributed by atoms with E-state index in [9.17, 15) is 13.2 Å². The highest BCUT2D eigenvalue weighted by Crippen LogP contribution is 2.24. The molecule has 7 nitrogen and oxygen atoms in total. The predicted molar refractivity (Wildman–Crippen MR) is 117 cm³/mol. The minimum atomic E-state index is -3.72. The number of carbonyl (C=O) groups is 1. The Morgan fingerprint density at radius 2 is 1.77 bits per heavy atom. The number of benzene rings is 2. The molecule has 2 heterocycles. The number of sulfone groups is 1. The number of nitrogens with one attached hydrogen (secondary N) is 1. The molecule has 0 saturated carbocycles. The van der Waals surface area contributed by atoms with Gasteiger partial charge in [0.05, 0.1) is 15.5 Å². The van der Waals surface area contributed by atoms with Crippen LogP contribution in [0.2, 0.25) is 0 Å². The molecular formula is C23H18N4O3S. The van der Waals surface area contributed by atoms with E-state index in [-0.39, 0.29) is 15.7 Å². The normalized spacial score (nSPS) is 11.5. The van der Waals surface area contributed by atoms with Crippen LogP contribution in [0, 0.1) is 0 Å². The summed E-state index contributed by atoms with van der Waals surface area (Å²) >= 11 is 0. The number of hydrogen-bond donors (Lipinski definition) is 1. The van der Waals surface area contributed by atoms with Gasteiger partial charge in [-0.3, -0.25) is 9.78 Å². The lowest BCUT2D eigenvalue weighted by atomic mass is 10.2. The number of amides is 1. The number of pyridine rings is 1. The Balaban J connectivity index is 1.49. The monoisotopic (exact) mass is 430 g/mol. The van der Waals surface area contributed by atoms with Gasteiger partial charge in [0, 0.05) is 36.6 Å². The predicted octanol–water partition coefficient (Wildman–Crippen LogP) is 3.75. The van der Waals surface area contributed by atoms with Crippen molar-refractivity contribution in [1.29, 1.82) is 0 Å². The molecule has 0 aliphatic rings. The van der Waals surface area contributed by atoms with Gasteiger partial charge in [0.25, 0.3) is 0 Å². The van der Waals surface area contributed by atoms with E-state index in [1.165, 1.54) is 18.2 Å². The van der Waals surface area contributed by atoms with E-state index in [1.54, 1.807) is 84.1 Å². The van der Waals surface area contributed by atoms with Crippen molar-refractivity contribution in [3.8, 4) is 5.69 Å². The van der Waals surface area contributed by atoms with Gasteiger partial charge in [-0.05, 0) is 66.2 Å². The van der Waals surface area contributed by atoms with Crippen LogP contribution in [-0.4, -0.2) is 29.1 Å². The van der Waals surface area contributed by atoms with Crippen LogP contribution in [0.4, 0.5) is 5.69 Å². The average Bonchev–Trinajstić information content (AvgIpc) is 3.34. The van der Waals surface area contributed by atoms with Crippen molar-refractivity contribution in [3.05, 3.63) is 103 Å². The first-order chi connectivity index (χ1) is 15.0. The number of aromatic nitrogens is 3. The van der Waals surface area contributed by atoms with Crippen molar-refractivity contribution in [3.63, 3.8) is 0 Å². The molecule has 0 atom stereocenters. The SMILES string of the molecule is O=C(/C=C/c1cccnc1)Nc1ccc(S(=O)(=O)c2cccc(-n3cccn3)c2)cc1. The highest BCUT2D eigenvalue weighted by Gasteiger charge is 2.18. The summed E-state index contributed by atoms with van der Waals surface area (Å²) in [6, 6.07) is 18.0. The third-order valence-corrected chi connectivity index (χ3v) is 6.21. The van der Waals surface area contributed by atoms with E-state index in [0.717, 1.165) is 5.56 Å². The third-order valence-electron chi connectivity index (χ3n) is 4.44. The van der Waals surface area contributed by atoms with Crippen LogP contribution in [0.5, 0.6) is 0 Å². The topological polar surface area (TPSA) is 94.0 Å². The Morgan fingerprint density at radius 1 is 0.935 bits per heavy atom. The van der Waals surface area contributed by atoms with Gasteiger partial charge in [-0.1, -0.05) is 12.1 Å². The van der Waals surface area contributed by atoms with Gasteiger partial charge in [-0.2, -0.15) is 5.10 Å². The van der Waals surface area contributed by atoms with Gasteiger partial charge in [-0.15, -0.1) is 0 Å². The Morgan fingerprint density at radius 3 is 2.48 bits per heavy atom. The van der Waals surface area contributed by atoms with Crippen LogP contribution in [0.25, 0.3) is 11.8 Å². The second-order valence-electron chi connectivity index (χ2n) is 6.58. The van der Waals surface area contributed by atoms with E-state index in [0.29, 0.717) is 11.4 Å². The Hall–Kier alpha value is -4.04. The molecule has 8 heteroatoms. The van der Waals surface area contributed by atoms with Gasteiger partial charge in [0.1, 0.15) is 0 Å². The van der Waals surface area contributed by atoms with Crippen molar-refractivity contribution in [2.45, 2.75) is 9.79 Å². The summed E-state index contributed by atoms with van der Waals surface area (Å²) in [6.45, 7) is 0. The van der Waals surface area contributed by atoms with E-state index in [2.05, 4.69) is 15.4 Å². The Bertz CT molecular complexity index is 1320. The second kappa shape index (κ2) is 8.76. The molecule has 0 radical (unpaired) electrons. The number of rotatable bonds is 6. The molecule has 0 bridgehead atoms. The maximum atomic E-state index is 13.0. The minimum absolute atomic E-state index is 0.133. The fourth-order valence-corrected chi connectivity index (χ4v) is 4.20. The van der Waals surface area contributed by atoms with Gasteiger partial charge in [-0.25, -0.2) is 13.1 Å². The van der Waals surface area contributed by atoms with E-state index >= 15 is 0 Å². The van der Waals surface area contributed by atoms with Crippen LogP contribution in [0.1, 0.15) is 5.56 Å². The molecule has 2 aromatic carbocycles. The quantitative estimate of drug-likeness (QED) is 0.470. The standard InChI is InChI=1S/C23H18N4O3S/c28-23(12-7-18-4-2-13-24-17-18)26-19-8-10-21(11-9-19)31(29,30)22-6-1-5-20(16-22)27-15-3-14-25-27/h1-17H,(H,26,28)/b12-7+. The first-order valence-corrected chi connectivity index (χ1v) is 10.8. The van der Waals surface area contributed by atoms with E-state index in [1.807, 2.05) is 6.07 Å². The van der Waals surface area contributed by atoms with Crippen molar-refractivity contribution in [1.82, 2.24) is 14.8 Å². The van der Waals surface area contributed by atoms with Crippen molar-refractivity contribution in [2.24, 2.45) is 0 Å². The molecule has 0 aliphatic carbocycles. The van der Waals surface area contributed by atoms with Crippen LogP contribution < -0.4 is 5.32 Å². The zero-order chi connectivity index (χ0) is 21.7. The zero-order valence-electron chi connectivity index (χ0n) is 16.3. The molecule has 1 N–H and O–H groups in total. The summed E-state index contributed by atoms with van der Waals surface area (Å²) < 4.78 is 27.6. The highest BCUT2D eigenvalue weighted by molar-refractivity contribution is 7.91. The van der Waals surface area contributed by atoms with Crippen LogP contribution in [0.15, 0.2) is 107 Å². The number of hydrogen-bond acceptors (Lipinski definition) is 5. The third kappa shape index (κ3) is 4.76. The first-order valence-electron chi connectivity index (χ1n) is 9.37. The van der Waals surface area contributed by atoms with Gasteiger partial charge in [0.2, 0.25) is 15.7 Å². The lowest BCUT2D eigenvalue weighted by molar-refractivity contribution is -0.111. The largest absolute Gasteiger partial charge is 0.323 e. The minimum Gasteiger partial charge on any atom is -0.323 e. The molecule has 0 spiro atoms. The summed E-state index contributed by atoms with van der Waals surface area (Å²) in [7, 11) is -3.72. The van der Waals surface area contributed by atoms with Crippen molar-refractivity contribution < 1.29 is 13.2 Å². The number of nitrogens with zero attached hydrogens (tertiary/aromatic N) is 3. The molecule has 4 rings (SSSR count). The molecule has 0 aliphatic heterocycles. The molecule has 0 unspecified atom stereocenters. The number of anilines is 1. The fourth-order valence-electron chi connectivity index (χ4n) is 2.90. The van der Waals surface area contributed by atoms with Crippen molar-refractivity contribution >= 4 is 27.5 Å². The molecular weight excluding hydrogens is 412 g/mol. The maximum Gasteiger partial charge on any atom is 0.248 e. The lowest BCUT2D eigenvalue weighted by Crippen LogP contribution is -2.08. The summed E-state index contributed by atoms with van der Waals surface area (Å²) in [6.07, 6.45) is 9.70. The van der Waals surface area contributed by atoms with E-state index in [4.69, 9.17) is 0 Å². The lowest BCUT2D eigenvalue weighted by Gasteiger charge is -2.08. The molecule has 2 aromatic heterocycles. The van der Waals surface area contributed by atoms with Crippen LogP contribution >= 0.6 is 0 Å².